The van der Waals surface area contributed by atoms with Crippen LogP contribution in [0.25, 0.3) is 0 Å². The molecule has 0 N–H and O–H groups in total. The Hall–Kier alpha value is -1.64. The molecule has 0 fully saturated rings. The fraction of sp³-hybridized carbons (Fsp3) is 0.333. The van der Waals surface area contributed by atoms with E-state index < -0.39 is 5.60 Å². The molecule has 0 unspecified atom stereocenters. The predicted octanol–water partition coefficient (Wildman–Crippen LogP) is 2.38. The van der Waals surface area contributed by atoms with E-state index in [1.807, 2.05) is 31.2 Å². The average Bonchev–Trinajstić information content (AvgIpc) is 2.20. The number of aliphatic imine (C=N–C) groups is 1. The van der Waals surface area contributed by atoms with Crippen LogP contribution in [0.1, 0.15) is 19.4 Å². The molecule has 0 aromatic heterocycles. The number of rotatable bonds is 3. The van der Waals surface area contributed by atoms with Gasteiger partial charge in [0.1, 0.15) is 5.75 Å². The fourth-order valence-corrected chi connectivity index (χ4v) is 1.13. The minimum Gasteiger partial charge on any atom is -0.478 e. The number of carbonyl (C=O) groups is 1. The molecule has 1 aromatic carbocycles. The smallest absolute Gasteiger partial charge is 0.288 e. The molecule has 0 heterocycles. The van der Waals surface area contributed by atoms with Crippen LogP contribution in [0.2, 0.25) is 0 Å². The molecule has 1 rings (SSSR count). The maximum Gasteiger partial charge on any atom is 0.288 e. The van der Waals surface area contributed by atoms with Crippen molar-refractivity contribution in [3.8, 4) is 5.75 Å². The SMILES string of the molecule is C=NC(=O)C(C)(C)Oc1ccc(C)cc1. The molecular formula is C12H15NO2. The lowest BCUT2D eigenvalue weighted by atomic mass is 10.1. The zero-order chi connectivity index (χ0) is 11.5. The first-order valence-electron chi connectivity index (χ1n) is 4.72. The lowest BCUT2D eigenvalue weighted by Gasteiger charge is -2.22. The largest absolute Gasteiger partial charge is 0.478 e. The molecule has 0 aliphatic heterocycles. The highest BCUT2D eigenvalue weighted by Crippen LogP contribution is 2.19. The summed E-state index contributed by atoms with van der Waals surface area (Å²) in [6.07, 6.45) is 0. The van der Waals surface area contributed by atoms with Gasteiger partial charge >= 0.3 is 0 Å². The first-order valence-corrected chi connectivity index (χ1v) is 4.72. The second kappa shape index (κ2) is 4.26. The molecule has 80 valence electrons. The molecule has 0 saturated carbocycles. The van der Waals surface area contributed by atoms with E-state index in [1.54, 1.807) is 13.8 Å². The van der Waals surface area contributed by atoms with Gasteiger partial charge in [-0.25, -0.2) is 4.99 Å². The molecule has 3 nitrogen and oxygen atoms in total. The summed E-state index contributed by atoms with van der Waals surface area (Å²) in [4.78, 5) is 14.7. The van der Waals surface area contributed by atoms with E-state index in [0.717, 1.165) is 5.56 Å². The molecule has 0 saturated heterocycles. The monoisotopic (exact) mass is 205 g/mol. The van der Waals surface area contributed by atoms with E-state index in [1.165, 1.54) is 0 Å². The Morgan fingerprint density at radius 3 is 2.33 bits per heavy atom. The maximum atomic E-state index is 11.4. The zero-order valence-electron chi connectivity index (χ0n) is 9.28. The summed E-state index contributed by atoms with van der Waals surface area (Å²) in [5.41, 5.74) is 0.185. The summed E-state index contributed by atoms with van der Waals surface area (Å²) >= 11 is 0. The average molecular weight is 205 g/mol. The molecule has 3 heteroatoms. The maximum absolute atomic E-state index is 11.4. The van der Waals surface area contributed by atoms with Crippen molar-refractivity contribution in [2.24, 2.45) is 4.99 Å². The first kappa shape index (κ1) is 11.4. The molecule has 15 heavy (non-hydrogen) atoms. The molecular weight excluding hydrogens is 190 g/mol. The third-order valence-electron chi connectivity index (χ3n) is 2.05. The number of aryl methyl sites for hydroxylation is 1. The Labute approximate surface area is 89.8 Å². The Morgan fingerprint density at radius 1 is 1.33 bits per heavy atom. The summed E-state index contributed by atoms with van der Waals surface area (Å²) in [7, 11) is 0. The Morgan fingerprint density at radius 2 is 1.87 bits per heavy atom. The van der Waals surface area contributed by atoms with Crippen LogP contribution in [0, 0.1) is 6.92 Å². The van der Waals surface area contributed by atoms with Crippen molar-refractivity contribution < 1.29 is 9.53 Å². The Balaban J connectivity index is 2.81. The van der Waals surface area contributed by atoms with E-state index in [2.05, 4.69) is 11.7 Å². The normalized spacial score (nSPS) is 10.9. The van der Waals surface area contributed by atoms with Crippen LogP contribution in [-0.2, 0) is 4.79 Å². The first-order chi connectivity index (χ1) is 6.95. The van der Waals surface area contributed by atoms with Gasteiger partial charge < -0.3 is 4.74 Å². The number of hydrogen-bond acceptors (Lipinski definition) is 2. The molecule has 0 aliphatic rings. The summed E-state index contributed by atoms with van der Waals surface area (Å²) in [5.74, 6) is 0.283. The van der Waals surface area contributed by atoms with Crippen molar-refractivity contribution in [1.29, 1.82) is 0 Å². The van der Waals surface area contributed by atoms with Crippen LogP contribution in [0.15, 0.2) is 29.3 Å². The van der Waals surface area contributed by atoms with Crippen molar-refractivity contribution >= 4 is 12.6 Å². The predicted molar refractivity (Wildman–Crippen MR) is 60.4 cm³/mol. The molecule has 1 aromatic rings. The van der Waals surface area contributed by atoms with E-state index in [9.17, 15) is 4.79 Å². The summed E-state index contributed by atoms with van der Waals surface area (Å²) in [6, 6.07) is 7.51. The lowest BCUT2D eigenvalue weighted by Crippen LogP contribution is -2.36. The van der Waals surface area contributed by atoms with Crippen LogP contribution >= 0.6 is 0 Å². The van der Waals surface area contributed by atoms with Gasteiger partial charge in [0.25, 0.3) is 5.91 Å². The van der Waals surface area contributed by atoms with E-state index in [4.69, 9.17) is 4.74 Å². The molecule has 0 atom stereocenters. The number of ether oxygens (including phenoxy) is 1. The standard InChI is InChI=1S/C12H15NO2/c1-9-5-7-10(8-6-9)15-12(2,3)11(14)13-4/h5-8H,4H2,1-3H3. The van der Waals surface area contributed by atoms with Gasteiger partial charge in [-0.15, -0.1) is 0 Å². The third-order valence-corrected chi connectivity index (χ3v) is 2.05. The quantitative estimate of drug-likeness (QED) is 0.710. The summed E-state index contributed by atoms with van der Waals surface area (Å²) in [6.45, 7) is 8.54. The van der Waals surface area contributed by atoms with Crippen molar-refractivity contribution in [1.82, 2.24) is 0 Å². The van der Waals surface area contributed by atoms with Gasteiger partial charge in [0, 0.05) is 0 Å². The highest BCUT2D eigenvalue weighted by Gasteiger charge is 2.28. The van der Waals surface area contributed by atoms with Gasteiger partial charge in [-0.1, -0.05) is 17.7 Å². The van der Waals surface area contributed by atoms with Crippen LogP contribution in [0.4, 0.5) is 0 Å². The van der Waals surface area contributed by atoms with Crippen molar-refractivity contribution in [3.05, 3.63) is 29.8 Å². The van der Waals surface area contributed by atoms with Crippen LogP contribution < -0.4 is 4.74 Å². The van der Waals surface area contributed by atoms with Crippen LogP contribution in [0.3, 0.4) is 0 Å². The van der Waals surface area contributed by atoms with Gasteiger partial charge in [0.2, 0.25) is 0 Å². The van der Waals surface area contributed by atoms with Crippen LogP contribution in [0.5, 0.6) is 5.75 Å². The van der Waals surface area contributed by atoms with Gasteiger partial charge in [0.05, 0.1) is 0 Å². The minimum atomic E-state index is -0.961. The van der Waals surface area contributed by atoms with Gasteiger partial charge in [-0.2, -0.15) is 0 Å². The zero-order valence-corrected chi connectivity index (χ0v) is 9.28. The van der Waals surface area contributed by atoms with E-state index in [-0.39, 0.29) is 5.91 Å². The van der Waals surface area contributed by atoms with Gasteiger partial charge in [-0.3, -0.25) is 4.79 Å². The Bertz CT molecular complexity index is 366. The highest BCUT2D eigenvalue weighted by molar-refractivity contribution is 5.88. The number of carbonyl (C=O) groups excluding carboxylic acids is 1. The second-order valence-corrected chi connectivity index (χ2v) is 3.89. The minimum absolute atomic E-state index is 0.372. The molecule has 0 spiro atoms. The number of amides is 1. The Kier molecular flexibility index (Phi) is 3.24. The lowest BCUT2D eigenvalue weighted by molar-refractivity contribution is -0.130. The molecule has 0 aliphatic carbocycles. The summed E-state index contributed by atoms with van der Waals surface area (Å²) in [5, 5.41) is 0. The molecule has 1 amide bonds. The number of nitrogens with zero attached hydrogens (tertiary/aromatic N) is 1. The van der Waals surface area contributed by atoms with Crippen molar-refractivity contribution in [2.45, 2.75) is 26.4 Å². The van der Waals surface area contributed by atoms with Crippen LogP contribution in [-0.4, -0.2) is 18.2 Å². The summed E-state index contributed by atoms with van der Waals surface area (Å²) < 4.78 is 5.53. The second-order valence-electron chi connectivity index (χ2n) is 3.89. The van der Waals surface area contributed by atoms with Crippen molar-refractivity contribution in [2.75, 3.05) is 0 Å². The van der Waals surface area contributed by atoms with Crippen molar-refractivity contribution in [3.63, 3.8) is 0 Å². The third kappa shape index (κ3) is 2.91. The highest BCUT2D eigenvalue weighted by atomic mass is 16.5. The van der Waals surface area contributed by atoms with E-state index in [0.29, 0.717) is 5.75 Å². The number of benzene rings is 1. The molecule has 0 bridgehead atoms. The number of hydrogen-bond donors (Lipinski definition) is 0. The van der Waals surface area contributed by atoms with Gasteiger partial charge in [0.15, 0.2) is 5.60 Å². The fourth-order valence-electron chi connectivity index (χ4n) is 1.13. The topological polar surface area (TPSA) is 38.7 Å². The molecule has 0 radical (unpaired) electrons. The van der Waals surface area contributed by atoms with Gasteiger partial charge in [-0.05, 0) is 39.6 Å². The van der Waals surface area contributed by atoms with E-state index >= 15 is 0 Å².